The molecule has 5 heteroatoms. The molecule has 0 unspecified atom stereocenters. The van der Waals surface area contributed by atoms with Crippen LogP contribution in [0.5, 0.6) is 0 Å². The molecule has 0 bridgehead atoms. The SMILES string of the molecule is Cc1c(Cl)ncnc1NCC1CC(O)C1. The average Bonchev–Trinajstić information content (AvgIpc) is 2.17. The van der Waals surface area contributed by atoms with Gasteiger partial charge in [0.1, 0.15) is 17.3 Å². The van der Waals surface area contributed by atoms with Gasteiger partial charge in [0.2, 0.25) is 0 Å². The lowest BCUT2D eigenvalue weighted by molar-refractivity contribution is 0.0486. The molecule has 82 valence electrons. The van der Waals surface area contributed by atoms with E-state index in [1.165, 1.54) is 6.33 Å². The lowest BCUT2D eigenvalue weighted by Gasteiger charge is -2.31. The Labute approximate surface area is 93.7 Å². The van der Waals surface area contributed by atoms with Gasteiger partial charge in [-0.3, -0.25) is 0 Å². The van der Waals surface area contributed by atoms with Gasteiger partial charge < -0.3 is 10.4 Å². The van der Waals surface area contributed by atoms with Crippen LogP contribution in [-0.2, 0) is 0 Å². The number of rotatable bonds is 3. The van der Waals surface area contributed by atoms with Gasteiger partial charge in [0, 0.05) is 12.1 Å². The van der Waals surface area contributed by atoms with E-state index in [1.807, 2.05) is 6.92 Å². The molecule has 2 N–H and O–H groups in total. The molecule has 0 saturated heterocycles. The van der Waals surface area contributed by atoms with E-state index in [0.29, 0.717) is 11.1 Å². The molecule has 15 heavy (non-hydrogen) atoms. The van der Waals surface area contributed by atoms with Crippen molar-refractivity contribution in [1.82, 2.24) is 9.97 Å². The summed E-state index contributed by atoms with van der Waals surface area (Å²) in [7, 11) is 0. The van der Waals surface area contributed by atoms with Crippen molar-refractivity contribution >= 4 is 17.4 Å². The van der Waals surface area contributed by atoms with Gasteiger partial charge in [0.25, 0.3) is 0 Å². The first-order chi connectivity index (χ1) is 7.16. The maximum absolute atomic E-state index is 9.14. The van der Waals surface area contributed by atoms with Crippen LogP contribution < -0.4 is 5.32 Å². The van der Waals surface area contributed by atoms with Crippen LogP contribution in [-0.4, -0.2) is 27.7 Å². The normalized spacial score (nSPS) is 24.7. The maximum atomic E-state index is 9.14. The summed E-state index contributed by atoms with van der Waals surface area (Å²) in [6, 6.07) is 0. The van der Waals surface area contributed by atoms with E-state index in [-0.39, 0.29) is 6.10 Å². The third-order valence-corrected chi connectivity index (χ3v) is 3.17. The highest BCUT2D eigenvalue weighted by atomic mass is 35.5. The Morgan fingerprint density at radius 2 is 2.27 bits per heavy atom. The lowest BCUT2D eigenvalue weighted by Crippen LogP contribution is -2.33. The standard InChI is InChI=1S/C10H14ClN3O/c1-6-9(11)13-5-14-10(6)12-4-7-2-8(15)3-7/h5,7-8,15H,2-4H2,1H3,(H,12,13,14). The molecule has 1 aliphatic rings. The van der Waals surface area contributed by atoms with Gasteiger partial charge in [-0.25, -0.2) is 9.97 Å². The summed E-state index contributed by atoms with van der Waals surface area (Å²) in [6.45, 7) is 2.73. The second kappa shape index (κ2) is 4.33. The van der Waals surface area contributed by atoms with Gasteiger partial charge in [-0.15, -0.1) is 0 Å². The Morgan fingerprint density at radius 1 is 1.53 bits per heavy atom. The Balaban J connectivity index is 1.91. The summed E-state index contributed by atoms with van der Waals surface area (Å²) in [5, 5.41) is 12.9. The molecule has 1 saturated carbocycles. The fraction of sp³-hybridized carbons (Fsp3) is 0.600. The molecular formula is C10H14ClN3O. The van der Waals surface area contributed by atoms with Crippen molar-refractivity contribution in [3.63, 3.8) is 0 Å². The molecule has 0 aromatic carbocycles. The highest BCUT2D eigenvalue weighted by molar-refractivity contribution is 6.30. The van der Waals surface area contributed by atoms with Gasteiger partial charge in [-0.2, -0.15) is 0 Å². The van der Waals surface area contributed by atoms with Crippen LogP contribution >= 0.6 is 11.6 Å². The zero-order valence-electron chi connectivity index (χ0n) is 8.57. The Bertz CT molecular complexity index is 353. The second-order valence-corrected chi connectivity index (χ2v) is 4.37. The third kappa shape index (κ3) is 2.38. The van der Waals surface area contributed by atoms with Gasteiger partial charge in [-0.1, -0.05) is 11.6 Å². The number of nitrogens with one attached hydrogen (secondary N) is 1. The highest BCUT2D eigenvalue weighted by Gasteiger charge is 2.26. The quantitative estimate of drug-likeness (QED) is 0.771. The molecule has 2 rings (SSSR count). The van der Waals surface area contributed by atoms with Crippen LogP contribution in [0.15, 0.2) is 6.33 Å². The number of aliphatic hydroxyl groups excluding tert-OH is 1. The molecule has 0 aliphatic heterocycles. The summed E-state index contributed by atoms with van der Waals surface area (Å²) < 4.78 is 0. The molecule has 4 nitrogen and oxygen atoms in total. The van der Waals surface area contributed by atoms with E-state index in [9.17, 15) is 0 Å². The molecule has 0 radical (unpaired) electrons. The largest absolute Gasteiger partial charge is 0.393 e. The summed E-state index contributed by atoms with van der Waals surface area (Å²) in [6.07, 6.45) is 3.11. The van der Waals surface area contributed by atoms with E-state index in [4.69, 9.17) is 16.7 Å². The van der Waals surface area contributed by atoms with Crippen LogP contribution in [0.3, 0.4) is 0 Å². The van der Waals surface area contributed by atoms with E-state index >= 15 is 0 Å². The Kier molecular flexibility index (Phi) is 3.07. The molecular weight excluding hydrogens is 214 g/mol. The van der Waals surface area contributed by atoms with Crippen LogP contribution in [0.25, 0.3) is 0 Å². The van der Waals surface area contributed by atoms with Crippen LogP contribution in [0.1, 0.15) is 18.4 Å². The van der Waals surface area contributed by atoms with Gasteiger partial charge in [0.05, 0.1) is 6.10 Å². The lowest BCUT2D eigenvalue weighted by atomic mass is 9.82. The molecule has 1 aromatic heterocycles. The molecule has 1 fully saturated rings. The van der Waals surface area contributed by atoms with Crippen molar-refractivity contribution in [3.05, 3.63) is 17.0 Å². The van der Waals surface area contributed by atoms with Gasteiger partial charge >= 0.3 is 0 Å². The Morgan fingerprint density at radius 3 is 2.93 bits per heavy atom. The van der Waals surface area contributed by atoms with E-state index in [0.717, 1.165) is 30.8 Å². The van der Waals surface area contributed by atoms with Crippen molar-refractivity contribution in [3.8, 4) is 0 Å². The molecule has 0 atom stereocenters. The molecule has 1 aliphatic carbocycles. The van der Waals surface area contributed by atoms with Crippen LogP contribution in [0.2, 0.25) is 5.15 Å². The summed E-state index contributed by atoms with van der Waals surface area (Å²) in [5.41, 5.74) is 0.874. The number of nitrogens with zero attached hydrogens (tertiary/aromatic N) is 2. The van der Waals surface area contributed by atoms with Gasteiger partial charge in [-0.05, 0) is 25.7 Å². The fourth-order valence-electron chi connectivity index (χ4n) is 1.72. The summed E-state index contributed by atoms with van der Waals surface area (Å²) >= 11 is 5.87. The average molecular weight is 228 g/mol. The first kappa shape index (κ1) is 10.6. The second-order valence-electron chi connectivity index (χ2n) is 4.01. The van der Waals surface area contributed by atoms with Crippen molar-refractivity contribution in [2.45, 2.75) is 25.9 Å². The molecule has 0 amide bonds. The zero-order chi connectivity index (χ0) is 10.8. The first-order valence-electron chi connectivity index (χ1n) is 5.06. The minimum atomic E-state index is -0.105. The Hall–Kier alpha value is -0.870. The predicted octanol–water partition coefficient (Wildman–Crippen LogP) is 1.62. The van der Waals surface area contributed by atoms with Crippen LogP contribution in [0.4, 0.5) is 5.82 Å². The van der Waals surface area contributed by atoms with Crippen molar-refractivity contribution in [2.75, 3.05) is 11.9 Å². The molecule has 0 spiro atoms. The monoisotopic (exact) mass is 227 g/mol. The predicted molar refractivity (Wildman–Crippen MR) is 59.0 cm³/mol. The topological polar surface area (TPSA) is 58.0 Å². The number of hydrogen-bond acceptors (Lipinski definition) is 4. The number of anilines is 1. The van der Waals surface area contributed by atoms with Crippen molar-refractivity contribution in [2.24, 2.45) is 5.92 Å². The number of halogens is 1. The first-order valence-corrected chi connectivity index (χ1v) is 5.43. The van der Waals surface area contributed by atoms with E-state index in [1.54, 1.807) is 0 Å². The highest BCUT2D eigenvalue weighted by Crippen LogP contribution is 2.27. The maximum Gasteiger partial charge on any atom is 0.137 e. The molecule has 1 heterocycles. The van der Waals surface area contributed by atoms with E-state index < -0.39 is 0 Å². The third-order valence-electron chi connectivity index (χ3n) is 2.79. The minimum absolute atomic E-state index is 0.105. The van der Waals surface area contributed by atoms with Crippen molar-refractivity contribution < 1.29 is 5.11 Å². The van der Waals surface area contributed by atoms with Gasteiger partial charge in [0.15, 0.2) is 0 Å². The number of hydrogen-bond donors (Lipinski definition) is 2. The molecule has 1 aromatic rings. The van der Waals surface area contributed by atoms with Crippen LogP contribution in [0, 0.1) is 12.8 Å². The van der Waals surface area contributed by atoms with E-state index in [2.05, 4.69) is 15.3 Å². The zero-order valence-corrected chi connectivity index (χ0v) is 9.33. The smallest absolute Gasteiger partial charge is 0.137 e. The fourth-order valence-corrected chi connectivity index (χ4v) is 1.85. The van der Waals surface area contributed by atoms with Crippen molar-refractivity contribution in [1.29, 1.82) is 0 Å². The summed E-state index contributed by atoms with van der Waals surface area (Å²) in [4.78, 5) is 8.01. The summed E-state index contributed by atoms with van der Waals surface area (Å²) in [5.74, 6) is 1.34. The number of aliphatic hydroxyl groups is 1. The minimum Gasteiger partial charge on any atom is -0.393 e. The number of aromatic nitrogens is 2.